The summed E-state index contributed by atoms with van der Waals surface area (Å²) >= 11 is 0. The highest BCUT2D eigenvalue weighted by Gasteiger charge is 2.31. The molecular weight excluding hydrogens is 254 g/mol. The summed E-state index contributed by atoms with van der Waals surface area (Å²) in [6.45, 7) is 1.20. The lowest BCUT2D eigenvalue weighted by Gasteiger charge is -2.19. The Balaban J connectivity index is 1.84. The van der Waals surface area contributed by atoms with Crippen LogP contribution in [0.3, 0.4) is 0 Å². The lowest BCUT2D eigenvalue weighted by Crippen LogP contribution is -2.15. The fourth-order valence-corrected chi connectivity index (χ4v) is 2.70. The number of nitrogen functional groups attached to an aromatic ring is 1. The topological polar surface area (TPSA) is 62.3 Å². The maximum Gasteiger partial charge on any atom is 0.161 e. The Bertz CT molecular complexity index is 674. The van der Waals surface area contributed by atoms with Gasteiger partial charge in [-0.15, -0.1) is 0 Å². The molecule has 5 nitrogen and oxygen atoms in total. The SMILES string of the molecule is Cn1nc(C2CC2)c(-c2ccc3c(c2)OCCO3)c1N. The molecule has 1 aliphatic heterocycles. The van der Waals surface area contributed by atoms with Crippen molar-refractivity contribution in [3.05, 3.63) is 23.9 Å². The molecule has 1 fully saturated rings. The lowest BCUT2D eigenvalue weighted by atomic mass is 10.0. The van der Waals surface area contributed by atoms with Crippen molar-refractivity contribution >= 4 is 5.82 Å². The Kier molecular flexibility index (Phi) is 2.42. The van der Waals surface area contributed by atoms with Crippen LogP contribution in [-0.4, -0.2) is 23.0 Å². The molecule has 2 N–H and O–H groups in total. The number of aromatic nitrogens is 2. The first-order chi connectivity index (χ1) is 9.74. The summed E-state index contributed by atoms with van der Waals surface area (Å²) in [5.74, 6) is 2.86. The van der Waals surface area contributed by atoms with Crippen LogP contribution in [0.1, 0.15) is 24.5 Å². The van der Waals surface area contributed by atoms with Gasteiger partial charge in [0.2, 0.25) is 0 Å². The number of aryl methyl sites for hydroxylation is 1. The van der Waals surface area contributed by atoms with Crippen LogP contribution in [0.4, 0.5) is 5.82 Å². The Labute approximate surface area is 117 Å². The van der Waals surface area contributed by atoms with Gasteiger partial charge in [-0.1, -0.05) is 6.07 Å². The predicted molar refractivity (Wildman–Crippen MR) is 76.0 cm³/mol. The van der Waals surface area contributed by atoms with Gasteiger partial charge in [-0.2, -0.15) is 5.10 Å². The summed E-state index contributed by atoms with van der Waals surface area (Å²) in [6, 6.07) is 5.99. The predicted octanol–water partition coefficient (Wildman–Crippen LogP) is 2.32. The van der Waals surface area contributed by atoms with E-state index in [2.05, 4.69) is 5.10 Å². The van der Waals surface area contributed by atoms with E-state index in [4.69, 9.17) is 15.2 Å². The smallest absolute Gasteiger partial charge is 0.161 e. The summed E-state index contributed by atoms with van der Waals surface area (Å²) in [6.07, 6.45) is 2.40. The molecule has 4 rings (SSSR count). The maximum atomic E-state index is 6.21. The van der Waals surface area contributed by atoms with Gasteiger partial charge in [0.25, 0.3) is 0 Å². The highest BCUT2D eigenvalue weighted by Crippen LogP contribution is 2.46. The average Bonchev–Trinajstić information content (AvgIpc) is 3.26. The van der Waals surface area contributed by atoms with E-state index in [-0.39, 0.29) is 0 Å². The molecule has 104 valence electrons. The largest absolute Gasteiger partial charge is 0.486 e. The van der Waals surface area contributed by atoms with Gasteiger partial charge in [0.05, 0.1) is 5.69 Å². The first-order valence-electron chi connectivity index (χ1n) is 6.96. The number of hydrogen-bond donors (Lipinski definition) is 1. The van der Waals surface area contributed by atoms with Crippen LogP contribution in [0.25, 0.3) is 11.1 Å². The zero-order valence-electron chi connectivity index (χ0n) is 11.4. The van der Waals surface area contributed by atoms with Crippen molar-refractivity contribution < 1.29 is 9.47 Å². The van der Waals surface area contributed by atoms with Crippen molar-refractivity contribution in [1.29, 1.82) is 0 Å². The fraction of sp³-hybridized carbons (Fsp3) is 0.400. The number of benzene rings is 1. The van der Waals surface area contributed by atoms with Crippen molar-refractivity contribution in [3.63, 3.8) is 0 Å². The van der Waals surface area contributed by atoms with E-state index in [1.807, 2.05) is 25.2 Å². The molecule has 1 aliphatic carbocycles. The van der Waals surface area contributed by atoms with Crippen LogP contribution in [-0.2, 0) is 7.05 Å². The number of anilines is 1. The zero-order valence-corrected chi connectivity index (χ0v) is 11.4. The molecule has 2 aliphatic rings. The second kappa shape index (κ2) is 4.16. The van der Waals surface area contributed by atoms with Gasteiger partial charge in [-0.05, 0) is 30.5 Å². The van der Waals surface area contributed by atoms with Gasteiger partial charge in [-0.25, -0.2) is 0 Å². The van der Waals surface area contributed by atoms with E-state index in [1.165, 1.54) is 12.8 Å². The number of nitrogens with zero attached hydrogens (tertiary/aromatic N) is 2. The molecule has 0 spiro atoms. The first-order valence-corrected chi connectivity index (χ1v) is 6.96. The van der Waals surface area contributed by atoms with Gasteiger partial charge >= 0.3 is 0 Å². The van der Waals surface area contributed by atoms with Gasteiger partial charge < -0.3 is 15.2 Å². The molecule has 2 aromatic rings. The molecule has 0 amide bonds. The number of rotatable bonds is 2. The second-order valence-corrected chi connectivity index (χ2v) is 5.40. The highest BCUT2D eigenvalue weighted by atomic mass is 16.6. The van der Waals surface area contributed by atoms with E-state index in [0.29, 0.717) is 24.9 Å². The molecule has 1 aromatic heterocycles. The zero-order chi connectivity index (χ0) is 13.7. The van der Waals surface area contributed by atoms with Crippen molar-refractivity contribution in [2.75, 3.05) is 18.9 Å². The second-order valence-electron chi connectivity index (χ2n) is 5.40. The Hall–Kier alpha value is -2.17. The molecule has 0 saturated heterocycles. The van der Waals surface area contributed by atoms with Gasteiger partial charge in [0.1, 0.15) is 19.0 Å². The Morgan fingerprint density at radius 1 is 1.20 bits per heavy atom. The molecule has 0 atom stereocenters. The van der Waals surface area contributed by atoms with Gasteiger partial charge in [0, 0.05) is 18.5 Å². The molecule has 0 bridgehead atoms. The van der Waals surface area contributed by atoms with E-state index in [1.54, 1.807) is 4.68 Å². The summed E-state index contributed by atoms with van der Waals surface area (Å²) in [5.41, 5.74) is 9.42. The average molecular weight is 271 g/mol. The summed E-state index contributed by atoms with van der Waals surface area (Å²) in [5, 5.41) is 4.58. The third-order valence-corrected chi connectivity index (χ3v) is 3.91. The lowest BCUT2D eigenvalue weighted by molar-refractivity contribution is 0.171. The number of ether oxygens (including phenoxy) is 2. The third kappa shape index (κ3) is 1.73. The molecule has 1 aromatic carbocycles. The van der Waals surface area contributed by atoms with Crippen LogP contribution < -0.4 is 15.2 Å². The minimum atomic E-state index is 0.557. The minimum Gasteiger partial charge on any atom is -0.486 e. The van der Waals surface area contributed by atoms with Gasteiger partial charge in [0.15, 0.2) is 11.5 Å². The normalized spacial score (nSPS) is 17.2. The molecule has 0 radical (unpaired) electrons. The van der Waals surface area contributed by atoms with Crippen molar-refractivity contribution in [2.24, 2.45) is 7.05 Å². The van der Waals surface area contributed by atoms with Crippen LogP contribution in [0, 0.1) is 0 Å². The fourth-order valence-electron chi connectivity index (χ4n) is 2.70. The van der Waals surface area contributed by atoms with E-state index < -0.39 is 0 Å². The monoisotopic (exact) mass is 271 g/mol. The molecular formula is C15H17N3O2. The summed E-state index contributed by atoms with van der Waals surface area (Å²) in [7, 11) is 1.89. The van der Waals surface area contributed by atoms with Crippen LogP contribution in [0.2, 0.25) is 0 Å². The van der Waals surface area contributed by atoms with Gasteiger partial charge in [-0.3, -0.25) is 4.68 Å². The van der Waals surface area contributed by atoms with Crippen LogP contribution in [0.5, 0.6) is 11.5 Å². The van der Waals surface area contributed by atoms with E-state index in [9.17, 15) is 0 Å². The van der Waals surface area contributed by atoms with Crippen LogP contribution >= 0.6 is 0 Å². The third-order valence-electron chi connectivity index (χ3n) is 3.91. The molecule has 5 heteroatoms. The number of hydrogen-bond acceptors (Lipinski definition) is 4. The summed E-state index contributed by atoms with van der Waals surface area (Å²) < 4.78 is 13.0. The minimum absolute atomic E-state index is 0.557. The number of fused-ring (bicyclic) bond motifs is 1. The highest BCUT2D eigenvalue weighted by molar-refractivity contribution is 5.79. The van der Waals surface area contributed by atoms with Crippen LogP contribution in [0.15, 0.2) is 18.2 Å². The standard InChI is InChI=1S/C15H17N3O2/c1-18-15(16)13(14(17-18)9-2-3-9)10-4-5-11-12(8-10)20-7-6-19-11/h4-5,8-9H,2-3,6-7,16H2,1H3. The quantitative estimate of drug-likeness (QED) is 0.910. The number of nitrogens with two attached hydrogens (primary N) is 1. The first kappa shape index (κ1) is 11.6. The molecule has 2 heterocycles. The molecule has 0 unspecified atom stereocenters. The Morgan fingerprint density at radius 3 is 2.70 bits per heavy atom. The maximum absolute atomic E-state index is 6.21. The van der Waals surface area contributed by atoms with E-state index >= 15 is 0 Å². The van der Waals surface area contributed by atoms with E-state index in [0.717, 1.165) is 28.3 Å². The van der Waals surface area contributed by atoms with Crippen molar-refractivity contribution in [3.8, 4) is 22.6 Å². The molecule has 20 heavy (non-hydrogen) atoms. The van der Waals surface area contributed by atoms with Crippen molar-refractivity contribution in [1.82, 2.24) is 9.78 Å². The molecule has 1 saturated carbocycles. The van der Waals surface area contributed by atoms with Crippen molar-refractivity contribution in [2.45, 2.75) is 18.8 Å². The Morgan fingerprint density at radius 2 is 1.95 bits per heavy atom. The summed E-state index contributed by atoms with van der Waals surface area (Å²) in [4.78, 5) is 0.